The number of hydrogen-bond donors (Lipinski definition) is 0. The van der Waals surface area contributed by atoms with Gasteiger partial charge in [0.25, 0.3) is 10.1 Å². The highest BCUT2D eigenvalue weighted by molar-refractivity contribution is 7.86. The summed E-state index contributed by atoms with van der Waals surface area (Å²) in [5.74, 6) is 0. The van der Waals surface area contributed by atoms with Crippen LogP contribution in [0, 0.1) is 0 Å². The van der Waals surface area contributed by atoms with E-state index in [1.54, 1.807) is 0 Å². The highest BCUT2D eigenvalue weighted by Crippen LogP contribution is 2.45. The second-order valence-corrected chi connectivity index (χ2v) is 7.88. The van der Waals surface area contributed by atoms with Crippen molar-refractivity contribution in [2.45, 2.75) is 4.90 Å². The molecule has 0 aliphatic heterocycles. The van der Waals surface area contributed by atoms with Gasteiger partial charge in [0, 0.05) is 19.2 Å². The molecule has 0 aliphatic carbocycles. The summed E-state index contributed by atoms with van der Waals surface area (Å²) in [4.78, 5) is -0.0263. The van der Waals surface area contributed by atoms with Crippen LogP contribution in [-0.4, -0.2) is 35.4 Å². The standard InChI is InChI=1S/C10H14ClO6PS/c1-15-18(12,16-2)8-7-17-19(13,14)10-5-3-9(11)4-6-10/h3-6H,7-8H2,1-2H3. The molecule has 1 rings (SSSR count). The van der Waals surface area contributed by atoms with Gasteiger partial charge < -0.3 is 9.05 Å². The third-order valence-corrected chi connectivity index (χ3v) is 5.68. The van der Waals surface area contributed by atoms with Crippen molar-refractivity contribution in [2.75, 3.05) is 27.0 Å². The van der Waals surface area contributed by atoms with Crippen molar-refractivity contribution in [3.8, 4) is 0 Å². The van der Waals surface area contributed by atoms with E-state index >= 15 is 0 Å². The molecule has 0 saturated heterocycles. The molecular weight excluding hydrogens is 315 g/mol. The summed E-state index contributed by atoms with van der Waals surface area (Å²) in [7, 11) is -4.74. The van der Waals surface area contributed by atoms with Crippen LogP contribution in [0.2, 0.25) is 5.02 Å². The van der Waals surface area contributed by atoms with Gasteiger partial charge in [-0.15, -0.1) is 0 Å². The van der Waals surface area contributed by atoms with Crippen LogP contribution in [0.3, 0.4) is 0 Å². The zero-order valence-corrected chi connectivity index (χ0v) is 12.9. The summed E-state index contributed by atoms with van der Waals surface area (Å²) in [6, 6.07) is 5.52. The average molecular weight is 329 g/mol. The van der Waals surface area contributed by atoms with Crippen molar-refractivity contribution in [1.29, 1.82) is 0 Å². The lowest BCUT2D eigenvalue weighted by molar-refractivity contribution is 0.262. The van der Waals surface area contributed by atoms with Gasteiger partial charge in [-0.05, 0) is 24.3 Å². The van der Waals surface area contributed by atoms with Gasteiger partial charge in [0.15, 0.2) is 0 Å². The third-order valence-electron chi connectivity index (χ3n) is 2.26. The molecule has 0 fully saturated rings. The molecule has 108 valence electrons. The normalized spacial score (nSPS) is 12.6. The van der Waals surface area contributed by atoms with Gasteiger partial charge in [-0.3, -0.25) is 8.75 Å². The predicted molar refractivity (Wildman–Crippen MR) is 71.1 cm³/mol. The second-order valence-electron chi connectivity index (χ2n) is 3.43. The van der Waals surface area contributed by atoms with E-state index in [1.165, 1.54) is 38.5 Å². The minimum atomic E-state index is -3.91. The molecular formula is C10H14ClO6PS. The molecule has 0 amide bonds. The van der Waals surface area contributed by atoms with Crippen molar-refractivity contribution in [2.24, 2.45) is 0 Å². The van der Waals surface area contributed by atoms with Gasteiger partial charge in [-0.1, -0.05) is 11.6 Å². The topological polar surface area (TPSA) is 78.9 Å². The van der Waals surface area contributed by atoms with Crippen LogP contribution >= 0.6 is 19.2 Å². The first-order chi connectivity index (χ1) is 8.83. The average Bonchev–Trinajstić information content (AvgIpc) is 2.39. The first-order valence-corrected chi connectivity index (χ1v) is 8.70. The Bertz CT molecular complexity index is 548. The fourth-order valence-corrected chi connectivity index (χ4v) is 3.17. The SMILES string of the molecule is COP(=O)(CCOS(=O)(=O)c1ccc(Cl)cc1)OC. The van der Waals surface area contributed by atoms with Gasteiger partial charge in [0.2, 0.25) is 0 Å². The van der Waals surface area contributed by atoms with E-state index < -0.39 is 17.7 Å². The van der Waals surface area contributed by atoms with Crippen LogP contribution in [0.15, 0.2) is 29.2 Å². The molecule has 0 aliphatic rings. The molecule has 0 radical (unpaired) electrons. The minimum absolute atomic E-state index is 0.0263. The molecule has 0 unspecified atom stereocenters. The van der Waals surface area contributed by atoms with Crippen molar-refractivity contribution in [1.82, 2.24) is 0 Å². The smallest absolute Gasteiger partial charge is 0.312 e. The summed E-state index contributed by atoms with van der Waals surface area (Å²) in [5.41, 5.74) is 0. The first-order valence-electron chi connectivity index (χ1n) is 5.18. The Kier molecular flexibility index (Phi) is 5.98. The summed E-state index contributed by atoms with van der Waals surface area (Å²) in [6.07, 6.45) is -0.160. The van der Waals surface area contributed by atoms with E-state index in [-0.39, 0.29) is 17.7 Å². The lowest BCUT2D eigenvalue weighted by atomic mass is 10.4. The monoisotopic (exact) mass is 328 g/mol. The van der Waals surface area contributed by atoms with E-state index in [0.717, 1.165) is 0 Å². The Morgan fingerprint density at radius 3 is 2.16 bits per heavy atom. The molecule has 6 nitrogen and oxygen atoms in total. The Morgan fingerprint density at radius 1 is 1.16 bits per heavy atom. The maximum absolute atomic E-state index is 11.8. The van der Waals surface area contributed by atoms with E-state index in [2.05, 4.69) is 9.05 Å². The molecule has 0 atom stereocenters. The number of benzene rings is 1. The zero-order valence-electron chi connectivity index (χ0n) is 10.4. The molecule has 0 aromatic heterocycles. The highest BCUT2D eigenvalue weighted by atomic mass is 35.5. The molecule has 1 aromatic rings. The van der Waals surface area contributed by atoms with Crippen molar-refractivity contribution in [3.05, 3.63) is 29.3 Å². The minimum Gasteiger partial charge on any atom is -0.312 e. The number of halogens is 1. The maximum atomic E-state index is 11.8. The van der Waals surface area contributed by atoms with Gasteiger partial charge >= 0.3 is 7.60 Å². The van der Waals surface area contributed by atoms with Crippen LogP contribution in [0.1, 0.15) is 0 Å². The maximum Gasteiger partial charge on any atom is 0.332 e. The summed E-state index contributed by atoms with van der Waals surface area (Å²) < 4.78 is 49.3. The molecule has 0 heterocycles. The van der Waals surface area contributed by atoms with E-state index in [1.807, 2.05) is 0 Å². The molecule has 0 bridgehead atoms. The van der Waals surface area contributed by atoms with Crippen LogP contribution in [-0.2, 0) is 27.9 Å². The summed E-state index contributed by atoms with van der Waals surface area (Å²) in [5, 5.41) is 0.419. The summed E-state index contributed by atoms with van der Waals surface area (Å²) in [6.45, 7) is -0.302. The highest BCUT2D eigenvalue weighted by Gasteiger charge is 2.23. The number of hydrogen-bond acceptors (Lipinski definition) is 6. The van der Waals surface area contributed by atoms with E-state index in [4.69, 9.17) is 15.8 Å². The van der Waals surface area contributed by atoms with Crippen LogP contribution in [0.4, 0.5) is 0 Å². The quantitative estimate of drug-likeness (QED) is 0.565. The first kappa shape index (κ1) is 16.6. The Labute approximate surface area is 117 Å². The largest absolute Gasteiger partial charge is 0.332 e. The zero-order chi connectivity index (χ0) is 14.5. The van der Waals surface area contributed by atoms with Gasteiger partial charge in [0.1, 0.15) is 0 Å². The van der Waals surface area contributed by atoms with Crippen molar-refractivity contribution < 1.29 is 26.2 Å². The van der Waals surface area contributed by atoms with Crippen molar-refractivity contribution >= 4 is 29.3 Å². The second kappa shape index (κ2) is 6.83. The Morgan fingerprint density at radius 2 is 1.68 bits per heavy atom. The van der Waals surface area contributed by atoms with Crippen LogP contribution < -0.4 is 0 Å². The molecule has 1 aromatic carbocycles. The predicted octanol–water partition coefficient (Wildman–Crippen LogP) is 2.53. The molecule has 0 saturated carbocycles. The Hall–Kier alpha value is -0.430. The molecule has 0 N–H and O–H groups in total. The van der Waals surface area contributed by atoms with E-state index in [0.29, 0.717) is 5.02 Å². The van der Waals surface area contributed by atoms with Crippen molar-refractivity contribution in [3.63, 3.8) is 0 Å². The summed E-state index contributed by atoms with van der Waals surface area (Å²) >= 11 is 5.66. The fraction of sp³-hybridized carbons (Fsp3) is 0.400. The molecule has 9 heteroatoms. The van der Waals surface area contributed by atoms with Gasteiger partial charge in [-0.2, -0.15) is 8.42 Å². The van der Waals surface area contributed by atoms with Crippen LogP contribution in [0.5, 0.6) is 0 Å². The van der Waals surface area contributed by atoms with E-state index in [9.17, 15) is 13.0 Å². The third kappa shape index (κ3) is 4.87. The molecule has 0 spiro atoms. The lowest BCUT2D eigenvalue weighted by Crippen LogP contribution is -2.11. The fourth-order valence-electron chi connectivity index (χ4n) is 1.19. The molecule has 19 heavy (non-hydrogen) atoms. The number of rotatable bonds is 7. The Balaban J connectivity index is 2.66. The lowest BCUT2D eigenvalue weighted by Gasteiger charge is -2.13. The van der Waals surface area contributed by atoms with Gasteiger partial charge in [0.05, 0.1) is 17.7 Å². The van der Waals surface area contributed by atoms with Gasteiger partial charge in [-0.25, -0.2) is 0 Å². The van der Waals surface area contributed by atoms with Crippen LogP contribution in [0.25, 0.3) is 0 Å².